The number of rotatable bonds is 2. The Morgan fingerprint density at radius 3 is 2.56 bits per heavy atom. The lowest BCUT2D eigenvalue weighted by Crippen LogP contribution is -1.88. The highest BCUT2D eigenvalue weighted by Crippen LogP contribution is 2.20. The number of aryl methyl sites for hydroxylation is 1. The first kappa shape index (κ1) is 10.8. The maximum absolute atomic E-state index is 5.64. The van der Waals surface area contributed by atoms with Crippen LogP contribution in [-0.4, -0.2) is 15.0 Å². The van der Waals surface area contributed by atoms with Crippen LogP contribution in [0.25, 0.3) is 22.6 Å². The van der Waals surface area contributed by atoms with Gasteiger partial charge in [0.1, 0.15) is 11.6 Å². The van der Waals surface area contributed by atoms with Gasteiger partial charge in [-0.15, -0.1) is 0 Å². The molecule has 0 atom stereocenters. The summed E-state index contributed by atoms with van der Waals surface area (Å²) in [5, 5.41) is 0. The number of nitrogen functional groups attached to an aromatic ring is 1. The normalized spacial score (nSPS) is 10.9. The quantitative estimate of drug-likeness (QED) is 0.721. The molecule has 0 radical (unpaired) electrons. The molecule has 3 rings (SSSR count). The second-order valence-corrected chi connectivity index (χ2v) is 4.24. The van der Waals surface area contributed by atoms with Crippen molar-refractivity contribution >= 4 is 17.0 Å². The highest BCUT2D eigenvalue weighted by atomic mass is 15.0. The molecular formula is C14H14N4. The fourth-order valence-electron chi connectivity index (χ4n) is 1.94. The molecule has 3 N–H and O–H groups in total. The van der Waals surface area contributed by atoms with E-state index in [2.05, 4.69) is 46.1 Å². The van der Waals surface area contributed by atoms with Gasteiger partial charge < -0.3 is 10.7 Å². The number of nitrogens with zero attached hydrogens (tertiary/aromatic N) is 2. The summed E-state index contributed by atoms with van der Waals surface area (Å²) in [6, 6.07) is 12.0. The van der Waals surface area contributed by atoms with E-state index in [0.717, 1.165) is 23.3 Å². The molecule has 0 fully saturated rings. The Morgan fingerprint density at radius 1 is 1.06 bits per heavy atom. The molecule has 0 bridgehead atoms. The van der Waals surface area contributed by atoms with Crippen LogP contribution >= 0.6 is 0 Å². The van der Waals surface area contributed by atoms with Gasteiger partial charge in [-0.1, -0.05) is 31.2 Å². The molecule has 0 amide bonds. The molecule has 0 aliphatic rings. The first-order valence-electron chi connectivity index (χ1n) is 5.98. The van der Waals surface area contributed by atoms with Crippen molar-refractivity contribution in [3.63, 3.8) is 0 Å². The minimum atomic E-state index is 0.488. The van der Waals surface area contributed by atoms with Crippen LogP contribution in [0.2, 0.25) is 0 Å². The number of H-pyrrole nitrogens is 1. The summed E-state index contributed by atoms with van der Waals surface area (Å²) in [5.41, 5.74) is 9.58. The van der Waals surface area contributed by atoms with E-state index < -0.39 is 0 Å². The molecule has 0 unspecified atom stereocenters. The highest BCUT2D eigenvalue weighted by Gasteiger charge is 2.06. The molecule has 4 nitrogen and oxygen atoms in total. The molecule has 0 spiro atoms. The minimum absolute atomic E-state index is 0.488. The number of pyridine rings is 1. The van der Waals surface area contributed by atoms with Crippen LogP contribution < -0.4 is 5.73 Å². The third-order valence-electron chi connectivity index (χ3n) is 3.00. The van der Waals surface area contributed by atoms with Crippen LogP contribution in [0.5, 0.6) is 0 Å². The summed E-state index contributed by atoms with van der Waals surface area (Å²) >= 11 is 0. The van der Waals surface area contributed by atoms with Gasteiger partial charge in [0, 0.05) is 5.56 Å². The van der Waals surface area contributed by atoms with E-state index in [9.17, 15) is 0 Å². The number of nitrogens with two attached hydrogens (primary N) is 1. The molecule has 0 saturated heterocycles. The zero-order valence-electron chi connectivity index (χ0n) is 10.1. The van der Waals surface area contributed by atoms with Crippen molar-refractivity contribution in [3.8, 4) is 11.4 Å². The van der Waals surface area contributed by atoms with E-state index >= 15 is 0 Å². The molecule has 4 heteroatoms. The Labute approximate surface area is 105 Å². The van der Waals surface area contributed by atoms with Crippen molar-refractivity contribution in [2.75, 3.05) is 5.73 Å². The topological polar surface area (TPSA) is 67.6 Å². The molecule has 0 aliphatic carbocycles. The standard InChI is InChI=1S/C14H14N4/c1-2-9-3-5-10(6-4-9)13-16-11-7-8-12(15)17-14(11)18-13/h3-8H,2H2,1H3,(H3,15,16,17,18). The first-order valence-corrected chi connectivity index (χ1v) is 5.98. The number of fused-ring (bicyclic) bond motifs is 1. The average molecular weight is 238 g/mol. The number of aromatic nitrogens is 3. The van der Waals surface area contributed by atoms with Crippen molar-refractivity contribution in [1.82, 2.24) is 15.0 Å². The van der Waals surface area contributed by atoms with Crippen molar-refractivity contribution in [2.24, 2.45) is 0 Å². The van der Waals surface area contributed by atoms with Crippen LogP contribution in [0.1, 0.15) is 12.5 Å². The molecule has 3 aromatic rings. The number of hydrogen-bond acceptors (Lipinski definition) is 3. The molecule has 1 aromatic carbocycles. The summed E-state index contributed by atoms with van der Waals surface area (Å²) in [6.07, 6.45) is 1.04. The second-order valence-electron chi connectivity index (χ2n) is 4.24. The average Bonchev–Trinajstić information content (AvgIpc) is 2.81. The van der Waals surface area contributed by atoms with Crippen LogP contribution in [0.4, 0.5) is 5.82 Å². The maximum Gasteiger partial charge on any atom is 0.180 e. The Morgan fingerprint density at radius 2 is 1.83 bits per heavy atom. The number of nitrogens with one attached hydrogen (secondary N) is 1. The highest BCUT2D eigenvalue weighted by molar-refractivity contribution is 5.77. The van der Waals surface area contributed by atoms with Crippen LogP contribution in [0.15, 0.2) is 36.4 Å². The molecule has 0 saturated carbocycles. The van der Waals surface area contributed by atoms with Crippen LogP contribution in [-0.2, 0) is 6.42 Å². The lowest BCUT2D eigenvalue weighted by Gasteiger charge is -1.98. The number of anilines is 1. The Balaban J connectivity index is 2.07. The van der Waals surface area contributed by atoms with E-state index in [1.807, 2.05) is 6.07 Å². The van der Waals surface area contributed by atoms with Crippen LogP contribution in [0.3, 0.4) is 0 Å². The van der Waals surface area contributed by atoms with Gasteiger partial charge in [-0.05, 0) is 24.1 Å². The van der Waals surface area contributed by atoms with Gasteiger partial charge >= 0.3 is 0 Å². The van der Waals surface area contributed by atoms with Crippen molar-refractivity contribution in [2.45, 2.75) is 13.3 Å². The predicted octanol–water partition coefficient (Wildman–Crippen LogP) is 2.77. The van der Waals surface area contributed by atoms with E-state index in [4.69, 9.17) is 5.73 Å². The molecular weight excluding hydrogens is 224 g/mol. The fourth-order valence-corrected chi connectivity index (χ4v) is 1.94. The van der Waals surface area contributed by atoms with Gasteiger partial charge in [0.15, 0.2) is 5.65 Å². The number of hydrogen-bond donors (Lipinski definition) is 2. The summed E-state index contributed by atoms with van der Waals surface area (Å²) in [5.74, 6) is 1.31. The smallest absolute Gasteiger partial charge is 0.180 e. The summed E-state index contributed by atoms with van der Waals surface area (Å²) in [4.78, 5) is 11.9. The number of benzene rings is 1. The van der Waals surface area contributed by atoms with Gasteiger partial charge in [0.25, 0.3) is 0 Å². The maximum atomic E-state index is 5.64. The zero-order valence-corrected chi connectivity index (χ0v) is 10.1. The zero-order chi connectivity index (χ0) is 12.5. The van der Waals surface area contributed by atoms with Gasteiger partial charge in [0.2, 0.25) is 0 Å². The largest absolute Gasteiger partial charge is 0.384 e. The monoisotopic (exact) mass is 238 g/mol. The summed E-state index contributed by atoms with van der Waals surface area (Å²) in [7, 11) is 0. The summed E-state index contributed by atoms with van der Waals surface area (Å²) < 4.78 is 0. The Bertz CT molecular complexity index is 683. The van der Waals surface area contributed by atoms with Crippen molar-refractivity contribution in [3.05, 3.63) is 42.0 Å². The lowest BCUT2D eigenvalue weighted by molar-refractivity contribution is 1.14. The van der Waals surface area contributed by atoms with Crippen molar-refractivity contribution < 1.29 is 0 Å². The number of imidazole rings is 1. The Hall–Kier alpha value is -2.36. The summed E-state index contributed by atoms with van der Waals surface area (Å²) in [6.45, 7) is 2.14. The van der Waals surface area contributed by atoms with E-state index in [1.54, 1.807) is 6.07 Å². The third kappa shape index (κ3) is 1.82. The minimum Gasteiger partial charge on any atom is -0.384 e. The van der Waals surface area contributed by atoms with Gasteiger partial charge in [-0.3, -0.25) is 0 Å². The first-order chi connectivity index (χ1) is 8.76. The van der Waals surface area contributed by atoms with Crippen LogP contribution in [0, 0.1) is 0 Å². The van der Waals surface area contributed by atoms with E-state index in [0.29, 0.717) is 11.5 Å². The Kier molecular flexibility index (Phi) is 2.48. The second kappa shape index (κ2) is 4.14. The predicted molar refractivity (Wildman–Crippen MR) is 73.1 cm³/mol. The van der Waals surface area contributed by atoms with E-state index in [1.165, 1.54) is 5.56 Å². The molecule has 0 aliphatic heterocycles. The third-order valence-corrected chi connectivity index (χ3v) is 3.00. The number of aromatic amines is 1. The lowest BCUT2D eigenvalue weighted by atomic mass is 10.1. The van der Waals surface area contributed by atoms with Crippen molar-refractivity contribution in [1.29, 1.82) is 0 Å². The van der Waals surface area contributed by atoms with Gasteiger partial charge in [-0.2, -0.15) is 0 Å². The molecule has 2 heterocycles. The SMILES string of the molecule is CCc1ccc(-c2nc3nc(N)ccc3[nH]2)cc1. The van der Waals surface area contributed by atoms with Gasteiger partial charge in [0.05, 0.1) is 5.52 Å². The van der Waals surface area contributed by atoms with Gasteiger partial charge in [-0.25, -0.2) is 9.97 Å². The fraction of sp³-hybridized carbons (Fsp3) is 0.143. The molecule has 90 valence electrons. The molecule has 18 heavy (non-hydrogen) atoms. The van der Waals surface area contributed by atoms with E-state index in [-0.39, 0.29) is 0 Å². The molecule has 2 aromatic heterocycles.